The molecule has 1 nitrogen and oxygen atoms in total. The van der Waals surface area contributed by atoms with Crippen LogP contribution in [0.5, 0.6) is 0 Å². The van der Waals surface area contributed by atoms with Crippen LogP contribution in [0.2, 0.25) is 5.02 Å². The number of aromatic nitrogens is 1. The summed E-state index contributed by atoms with van der Waals surface area (Å²) in [6, 6.07) is 7.67. The molecular formula is C24H27ClFN. The van der Waals surface area contributed by atoms with E-state index in [0.29, 0.717) is 17.2 Å². The molecule has 0 radical (unpaired) electrons. The number of pyridine rings is 1. The second-order valence-corrected chi connectivity index (χ2v) is 7.60. The van der Waals surface area contributed by atoms with E-state index in [1.807, 2.05) is 24.4 Å². The van der Waals surface area contributed by atoms with Gasteiger partial charge < -0.3 is 0 Å². The Bertz CT molecular complexity index is 836. The molecule has 0 amide bonds. The lowest BCUT2D eigenvalue weighted by atomic mass is 9.87. The summed E-state index contributed by atoms with van der Waals surface area (Å²) in [6.07, 6.45) is 14.8. The fraction of sp³-hybridized carbons (Fsp3) is 0.375. The molecule has 0 saturated heterocycles. The molecule has 0 N–H and O–H groups in total. The highest BCUT2D eigenvalue weighted by molar-refractivity contribution is 6.31. The summed E-state index contributed by atoms with van der Waals surface area (Å²) in [5, 5.41) is 0.233. The van der Waals surface area contributed by atoms with E-state index >= 15 is 0 Å². The third kappa shape index (κ3) is 4.68. The van der Waals surface area contributed by atoms with Gasteiger partial charge in [0.25, 0.3) is 0 Å². The van der Waals surface area contributed by atoms with E-state index in [1.165, 1.54) is 12.0 Å². The Labute approximate surface area is 167 Å². The van der Waals surface area contributed by atoms with Crippen molar-refractivity contribution in [3.63, 3.8) is 0 Å². The third-order valence-corrected chi connectivity index (χ3v) is 5.70. The van der Waals surface area contributed by atoms with Crippen molar-refractivity contribution in [2.45, 2.75) is 52.4 Å². The van der Waals surface area contributed by atoms with Gasteiger partial charge in [0.2, 0.25) is 0 Å². The molecule has 1 aromatic heterocycles. The van der Waals surface area contributed by atoms with Crippen molar-refractivity contribution in [2.24, 2.45) is 5.92 Å². The van der Waals surface area contributed by atoms with E-state index in [4.69, 9.17) is 11.6 Å². The van der Waals surface area contributed by atoms with E-state index in [2.05, 4.69) is 37.1 Å². The maximum absolute atomic E-state index is 14.8. The number of halogens is 2. The number of nitrogens with zero attached hydrogens (tertiary/aromatic N) is 1. The topological polar surface area (TPSA) is 12.9 Å². The number of unbranched alkanes of at least 4 members (excludes halogenated alkanes) is 1. The van der Waals surface area contributed by atoms with Crippen LogP contribution in [0, 0.1) is 11.7 Å². The second-order valence-electron chi connectivity index (χ2n) is 7.23. The fourth-order valence-corrected chi connectivity index (χ4v) is 3.91. The summed E-state index contributed by atoms with van der Waals surface area (Å²) >= 11 is 6.26. The molecule has 1 heterocycles. The summed E-state index contributed by atoms with van der Waals surface area (Å²) in [5.74, 6) is 0.282. The molecule has 1 atom stereocenters. The first-order chi connectivity index (χ1) is 13.1. The molecule has 3 heteroatoms. The Balaban J connectivity index is 1.79. The molecule has 1 aromatic carbocycles. The van der Waals surface area contributed by atoms with Gasteiger partial charge in [-0.3, -0.25) is 4.98 Å². The zero-order valence-corrected chi connectivity index (χ0v) is 16.9. The first-order valence-corrected chi connectivity index (χ1v) is 10.3. The summed E-state index contributed by atoms with van der Waals surface area (Å²) in [6.45, 7) is 4.19. The van der Waals surface area contributed by atoms with Crippen LogP contribution >= 0.6 is 11.6 Å². The van der Waals surface area contributed by atoms with E-state index < -0.39 is 0 Å². The first kappa shape index (κ1) is 19.8. The Kier molecular flexibility index (Phi) is 6.84. The van der Waals surface area contributed by atoms with Crippen LogP contribution in [0.4, 0.5) is 4.39 Å². The molecule has 3 rings (SSSR count). The van der Waals surface area contributed by atoms with Crippen LogP contribution in [0.3, 0.4) is 0 Å². The summed E-state index contributed by atoms with van der Waals surface area (Å²) in [7, 11) is 0. The first-order valence-electron chi connectivity index (χ1n) is 9.89. The monoisotopic (exact) mass is 383 g/mol. The maximum Gasteiger partial charge on any atom is 0.151 e. The normalized spacial score (nSPS) is 17.3. The summed E-state index contributed by atoms with van der Waals surface area (Å²) in [4.78, 5) is 4.52. The lowest BCUT2D eigenvalue weighted by Gasteiger charge is -2.19. The number of benzene rings is 1. The molecule has 0 fully saturated rings. The molecule has 1 aliphatic carbocycles. The maximum atomic E-state index is 14.8. The Morgan fingerprint density at radius 3 is 2.74 bits per heavy atom. The van der Waals surface area contributed by atoms with Gasteiger partial charge in [0.1, 0.15) is 0 Å². The second kappa shape index (κ2) is 9.32. The quantitative estimate of drug-likeness (QED) is 0.467. The van der Waals surface area contributed by atoms with Crippen molar-refractivity contribution >= 4 is 17.2 Å². The number of allylic oxidation sites excluding steroid dienone is 4. The zero-order chi connectivity index (χ0) is 19.2. The van der Waals surface area contributed by atoms with Gasteiger partial charge in [-0.15, -0.1) is 0 Å². The standard InChI is InChI=1S/C24H27ClFN/c1-3-5-7-19-12-14-21(24(26)23(19)25)22-15-13-20(16-27-22)18-10-8-17(6-4-2)9-11-18/h4,6,10,12-17H,3,5,7-9,11H2,1-2H3. The van der Waals surface area contributed by atoms with Crippen molar-refractivity contribution in [1.29, 1.82) is 0 Å². The molecule has 1 aliphatic rings. The largest absolute Gasteiger partial charge is 0.256 e. The molecule has 0 bridgehead atoms. The molecule has 0 saturated carbocycles. The van der Waals surface area contributed by atoms with Gasteiger partial charge in [-0.25, -0.2) is 4.39 Å². The highest BCUT2D eigenvalue weighted by Gasteiger charge is 2.16. The minimum atomic E-state index is -0.364. The molecule has 27 heavy (non-hydrogen) atoms. The van der Waals surface area contributed by atoms with E-state index in [0.717, 1.165) is 43.2 Å². The van der Waals surface area contributed by atoms with Crippen LogP contribution in [0.15, 0.2) is 48.7 Å². The number of rotatable bonds is 6. The van der Waals surface area contributed by atoms with Gasteiger partial charge in [0, 0.05) is 11.8 Å². The number of aryl methyl sites for hydroxylation is 1. The molecular weight excluding hydrogens is 357 g/mol. The number of hydrogen-bond acceptors (Lipinski definition) is 1. The molecule has 142 valence electrons. The lowest BCUT2D eigenvalue weighted by Crippen LogP contribution is -2.03. The van der Waals surface area contributed by atoms with Crippen LogP contribution < -0.4 is 0 Å². The van der Waals surface area contributed by atoms with Crippen molar-refractivity contribution in [3.8, 4) is 11.3 Å². The van der Waals surface area contributed by atoms with Crippen LogP contribution in [0.1, 0.15) is 57.1 Å². The van der Waals surface area contributed by atoms with Gasteiger partial charge in [0.05, 0.1) is 10.7 Å². The zero-order valence-electron chi connectivity index (χ0n) is 16.1. The van der Waals surface area contributed by atoms with E-state index in [9.17, 15) is 4.39 Å². The minimum absolute atomic E-state index is 0.233. The van der Waals surface area contributed by atoms with Crippen LogP contribution in [0.25, 0.3) is 16.8 Å². The Hall–Kier alpha value is -1.93. The number of hydrogen-bond donors (Lipinski definition) is 0. The lowest BCUT2D eigenvalue weighted by molar-refractivity contribution is 0.591. The molecule has 0 aliphatic heterocycles. The highest BCUT2D eigenvalue weighted by atomic mass is 35.5. The predicted molar refractivity (Wildman–Crippen MR) is 113 cm³/mol. The minimum Gasteiger partial charge on any atom is -0.256 e. The average Bonchev–Trinajstić information content (AvgIpc) is 2.70. The smallest absolute Gasteiger partial charge is 0.151 e. The van der Waals surface area contributed by atoms with Gasteiger partial charge >= 0.3 is 0 Å². The fourth-order valence-electron chi connectivity index (χ4n) is 3.65. The average molecular weight is 384 g/mol. The van der Waals surface area contributed by atoms with Gasteiger partial charge in [0.15, 0.2) is 5.82 Å². The molecule has 1 unspecified atom stereocenters. The van der Waals surface area contributed by atoms with Crippen LogP contribution in [-0.4, -0.2) is 4.98 Å². The highest BCUT2D eigenvalue weighted by Crippen LogP contribution is 2.33. The van der Waals surface area contributed by atoms with E-state index in [1.54, 1.807) is 6.07 Å². The van der Waals surface area contributed by atoms with Crippen molar-refractivity contribution in [1.82, 2.24) is 4.98 Å². The molecule has 2 aromatic rings. The Morgan fingerprint density at radius 1 is 1.26 bits per heavy atom. The van der Waals surface area contributed by atoms with Crippen molar-refractivity contribution in [2.75, 3.05) is 0 Å². The SMILES string of the molecule is CC=CC1CC=C(c2ccc(-c3ccc(CCCC)c(Cl)c3F)nc2)CC1. The predicted octanol–water partition coefficient (Wildman–Crippen LogP) is 7.64. The Morgan fingerprint density at radius 2 is 2.11 bits per heavy atom. The van der Waals surface area contributed by atoms with Gasteiger partial charge in [-0.2, -0.15) is 0 Å². The van der Waals surface area contributed by atoms with Crippen molar-refractivity contribution in [3.05, 3.63) is 70.7 Å². The summed E-state index contributed by atoms with van der Waals surface area (Å²) < 4.78 is 14.8. The third-order valence-electron chi connectivity index (χ3n) is 5.29. The van der Waals surface area contributed by atoms with Crippen molar-refractivity contribution < 1.29 is 4.39 Å². The van der Waals surface area contributed by atoms with Gasteiger partial charge in [-0.1, -0.05) is 55.3 Å². The van der Waals surface area contributed by atoms with Crippen LogP contribution in [-0.2, 0) is 6.42 Å². The van der Waals surface area contributed by atoms with E-state index in [-0.39, 0.29) is 10.8 Å². The van der Waals surface area contributed by atoms with Gasteiger partial charge in [-0.05, 0) is 73.8 Å². The molecule has 0 spiro atoms. The summed E-state index contributed by atoms with van der Waals surface area (Å²) in [5.41, 5.74) is 4.44.